The monoisotopic (exact) mass is 265 g/mol. The first-order valence-electron chi connectivity index (χ1n) is 6.71. The molecule has 1 aliphatic carbocycles. The highest BCUT2D eigenvalue weighted by Gasteiger charge is 2.39. The molecule has 0 aromatic carbocycles. The third kappa shape index (κ3) is 1.97. The molecule has 0 bridgehead atoms. The van der Waals surface area contributed by atoms with E-state index < -0.39 is 12.0 Å². The zero-order chi connectivity index (χ0) is 12.7. The summed E-state index contributed by atoms with van der Waals surface area (Å²) in [6, 6.07) is 2.06. The summed E-state index contributed by atoms with van der Waals surface area (Å²) in [5, 5.41) is 11.6. The van der Waals surface area contributed by atoms with Crippen LogP contribution < -0.4 is 0 Å². The molecule has 1 aromatic rings. The predicted octanol–water partition coefficient (Wildman–Crippen LogP) is 2.92. The molecule has 18 heavy (non-hydrogen) atoms. The number of hydrogen-bond donors (Lipinski definition) is 1. The lowest BCUT2D eigenvalue weighted by atomic mass is 9.97. The van der Waals surface area contributed by atoms with Gasteiger partial charge in [-0.05, 0) is 48.6 Å². The summed E-state index contributed by atoms with van der Waals surface area (Å²) < 4.78 is 0. The lowest BCUT2D eigenvalue weighted by Crippen LogP contribution is -2.44. The van der Waals surface area contributed by atoms with Gasteiger partial charge in [0.05, 0.1) is 0 Å². The summed E-state index contributed by atoms with van der Waals surface area (Å²) in [7, 11) is 0. The zero-order valence-electron chi connectivity index (χ0n) is 10.6. The maximum absolute atomic E-state index is 11.6. The van der Waals surface area contributed by atoms with Crippen molar-refractivity contribution >= 4 is 17.3 Å². The molecule has 2 aliphatic rings. The van der Waals surface area contributed by atoms with Gasteiger partial charge in [-0.1, -0.05) is 6.92 Å². The van der Waals surface area contributed by atoms with Crippen LogP contribution in [0.25, 0.3) is 0 Å². The quantitative estimate of drug-likeness (QED) is 0.894. The third-order valence-corrected chi connectivity index (χ3v) is 5.37. The number of nitrogens with zero attached hydrogens (tertiary/aromatic N) is 1. The Morgan fingerprint density at radius 1 is 1.50 bits per heavy atom. The average Bonchev–Trinajstić information content (AvgIpc) is 2.95. The number of carboxylic acid groups (broad SMARTS) is 1. The van der Waals surface area contributed by atoms with Gasteiger partial charge in [0.25, 0.3) is 0 Å². The van der Waals surface area contributed by atoms with Crippen molar-refractivity contribution in [1.82, 2.24) is 4.90 Å². The Morgan fingerprint density at radius 2 is 2.33 bits per heavy atom. The summed E-state index contributed by atoms with van der Waals surface area (Å²) in [5.41, 5.74) is 1.04. The molecule has 0 radical (unpaired) electrons. The maximum atomic E-state index is 11.6. The van der Waals surface area contributed by atoms with Crippen LogP contribution in [0, 0.1) is 5.92 Å². The fourth-order valence-electron chi connectivity index (χ4n) is 3.48. The Bertz CT molecular complexity index is 456. The topological polar surface area (TPSA) is 40.5 Å². The molecular weight excluding hydrogens is 246 g/mol. The van der Waals surface area contributed by atoms with Gasteiger partial charge in [0, 0.05) is 17.5 Å². The number of fused-ring (bicyclic) bond motifs is 1. The van der Waals surface area contributed by atoms with Crippen LogP contribution in [-0.4, -0.2) is 28.6 Å². The molecule has 4 heteroatoms. The highest BCUT2D eigenvalue weighted by atomic mass is 32.1. The Kier molecular flexibility index (Phi) is 3.16. The van der Waals surface area contributed by atoms with E-state index in [-0.39, 0.29) is 0 Å². The predicted molar refractivity (Wildman–Crippen MR) is 71.9 cm³/mol. The van der Waals surface area contributed by atoms with Gasteiger partial charge in [0.15, 0.2) is 0 Å². The van der Waals surface area contributed by atoms with Crippen LogP contribution in [0.5, 0.6) is 0 Å². The van der Waals surface area contributed by atoms with Crippen molar-refractivity contribution in [2.45, 2.75) is 44.7 Å². The number of rotatable bonds is 2. The molecule has 0 saturated heterocycles. The van der Waals surface area contributed by atoms with E-state index in [1.54, 1.807) is 11.3 Å². The molecule has 1 fully saturated rings. The van der Waals surface area contributed by atoms with Crippen LogP contribution >= 0.6 is 11.3 Å². The fourth-order valence-corrected chi connectivity index (χ4v) is 4.39. The highest BCUT2D eigenvalue weighted by molar-refractivity contribution is 7.10. The summed E-state index contributed by atoms with van der Waals surface area (Å²) in [4.78, 5) is 15.1. The molecule has 0 amide bonds. The molecule has 1 aromatic heterocycles. The zero-order valence-corrected chi connectivity index (χ0v) is 11.4. The number of hydrogen-bond acceptors (Lipinski definition) is 3. The highest BCUT2D eigenvalue weighted by Crippen LogP contribution is 2.39. The van der Waals surface area contributed by atoms with Crippen molar-refractivity contribution in [2.24, 2.45) is 5.92 Å². The minimum atomic E-state index is -0.686. The van der Waals surface area contributed by atoms with E-state index in [0.717, 1.165) is 37.3 Å². The van der Waals surface area contributed by atoms with Crippen LogP contribution in [0.15, 0.2) is 11.4 Å². The second kappa shape index (κ2) is 4.67. The van der Waals surface area contributed by atoms with E-state index in [1.165, 1.54) is 11.3 Å². The van der Waals surface area contributed by atoms with Gasteiger partial charge in [-0.3, -0.25) is 9.69 Å². The van der Waals surface area contributed by atoms with Crippen molar-refractivity contribution in [3.63, 3.8) is 0 Å². The summed E-state index contributed by atoms with van der Waals surface area (Å²) in [5.74, 6) is 0.0576. The van der Waals surface area contributed by atoms with Crippen LogP contribution in [0.4, 0.5) is 0 Å². The normalized spacial score (nSPS) is 32.4. The Labute approximate surface area is 111 Å². The van der Waals surface area contributed by atoms with Crippen LogP contribution in [0.3, 0.4) is 0 Å². The molecule has 1 saturated carbocycles. The van der Waals surface area contributed by atoms with E-state index in [1.807, 2.05) is 11.4 Å². The molecule has 3 unspecified atom stereocenters. The molecular formula is C14H19NO2S. The smallest absolute Gasteiger partial charge is 0.325 e. The van der Waals surface area contributed by atoms with E-state index in [9.17, 15) is 9.90 Å². The second-order valence-corrected chi connectivity index (χ2v) is 6.60. The molecule has 3 atom stereocenters. The van der Waals surface area contributed by atoms with Gasteiger partial charge in [-0.15, -0.1) is 11.3 Å². The number of carboxylic acids is 1. The van der Waals surface area contributed by atoms with E-state index in [0.29, 0.717) is 6.04 Å². The summed E-state index contributed by atoms with van der Waals surface area (Å²) in [6.45, 7) is 3.18. The lowest BCUT2D eigenvalue weighted by molar-refractivity contribution is -0.145. The number of carbonyl (C=O) groups is 1. The molecule has 2 heterocycles. The largest absolute Gasteiger partial charge is 0.480 e. The van der Waals surface area contributed by atoms with Gasteiger partial charge in [-0.25, -0.2) is 0 Å². The minimum Gasteiger partial charge on any atom is -0.480 e. The van der Waals surface area contributed by atoms with Crippen molar-refractivity contribution < 1.29 is 9.90 Å². The first kappa shape index (κ1) is 12.2. The Hall–Kier alpha value is -0.870. The first-order chi connectivity index (χ1) is 8.66. The van der Waals surface area contributed by atoms with Gasteiger partial charge in [-0.2, -0.15) is 0 Å². The van der Waals surface area contributed by atoms with Crippen LogP contribution in [0.2, 0.25) is 0 Å². The molecule has 98 valence electrons. The van der Waals surface area contributed by atoms with Crippen LogP contribution in [0.1, 0.15) is 42.7 Å². The molecule has 1 aliphatic heterocycles. The summed E-state index contributed by atoms with van der Waals surface area (Å²) in [6.07, 6.45) is 4.57. The SMILES string of the molecule is CC1CCC(N2CCc3sccc3C2C(=O)O)C1. The van der Waals surface area contributed by atoms with E-state index in [2.05, 4.69) is 11.8 Å². The van der Waals surface area contributed by atoms with Crippen molar-refractivity contribution in [3.05, 3.63) is 21.9 Å². The molecule has 0 spiro atoms. The first-order valence-corrected chi connectivity index (χ1v) is 7.59. The third-order valence-electron chi connectivity index (χ3n) is 4.37. The Balaban J connectivity index is 1.89. The van der Waals surface area contributed by atoms with E-state index in [4.69, 9.17) is 0 Å². The lowest BCUT2D eigenvalue weighted by Gasteiger charge is -2.37. The second-order valence-electron chi connectivity index (χ2n) is 5.60. The van der Waals surface area contributed by atoms with Gasteiger partial charge < -0.3 is 5.11 Å². The van der Waals surface area contributed by atoms with Crippen molar-refractivity contribution in [3.8, 4) is 0 Å². The van der Waals surface area contributed by atoms with Gasteiger partial charge >= 0.3 is 5.97 Å². The standard InChI is InChI=1S/C14H19NO2S/c1-9-2-3-10(8-9)15-6-4-12-11(5-7-18-12)13(15)14(16)17/h5,7,9-10,13H,2-4,6,8H2,1H3,(H,16,17). The van der Waals surface area contributed by atoms with E-state index >= 15 is 0 Å². The van der Waals surface area contributed by atoms with Crippen molar-refractivity contribution in [1.29, 1.82) is 0 Å². The minimum absolute atomic E-state index is 0.407. The molecule has 1 N–H and O–H groups in total. The number of thiophene rings is 1. The maximum Gasteiger partial charge on any atom is 0.325 e. The number of aliphatic carboxylic acids is 1. The van der Waals surface area contributed by atoms with Gasteiger partial charge in [0.1, 0.15) is 6.04 Å². The fraction of sp³-hybridized carbons (Fsp3) is 0.643. The van der Waals surface area contributed by atoms with Crippen LogP contribution in [-0.2, 0) is 11.2 Å². The van der Waals surface area contributed by atoms with Crippen molar-refractivity contribution in [2.75, 3.05) is 6.54 Å². The van der Waals surface area contributed by atoms with Gasteiger partial charge in [0.2, 0.25) is 0 Å². The molecule has 3 rings (SSSR count). The Morgan fingerprint density at radius 3 is 3.00 bits per heavy atom. The molecule has 3 nitrogen and oxygen atoms in total. The summed E-state index contributed by atoms with van der Waals surface area (Å²) >= 11 is 1.70. The average molecular weight is 265 g/mol.